The van der Waals surface area contributed by atoms with Crippen LogP contribution in [0.3, 0.4) is 0 Å². The Hall–Kier alpha value is -2.95. The highest BCUT2D eigenvalue weighted by Crippen LogP contribution is 2.78. The first-order valence-corrected chi connectivity index (χ1v) is 22.1. The van der Waals surface area contributed by atoms with Gasteiger partial charge in [-0.25, -0.2) is 0 Å². The largest absolute Gasteiger partial charge is 0.393 e. The van der Waals surface area contributed by atoms with Crippen LogP contribution >= 0.6 is 22.7 Å². The van der Waals surface area contributed by atoms with Crippen LogP contribution in [-0.4, -0.2) is 70.1 Å². The minimum Gasteiger partial charge on any atom is -0.393 e. The number of thiophene rings is 2. The van der Waals surface area contributed by atoms with Crippen LogP contribution in [-0.2, 0) is 17.8 Å². The monoisotopic (exact) mass is 777 g/mol. The summed E-state index contributed by atoms with van der Waals surface area (Å²) < 4.78 is 7.09. The molecule has 9 unspecified atom stereocenters. The normalized spacial score (nSPS) is 35.4. The molecular formula is C47H55NO5S2. The van der Waals surface area contributed by atoms with Gasteiger partial charge in [0.2, 0.25) is 0 Å². The van der Waals surface area contributed by atoms with Gasteiger partial charge in [0.25, 0.3) is 0 Å². The number of carbonyl (C=O) groups excluding carboxylic acids is 1. The SMILES string of the molecule is CC12CCC(O)CC13C=CC1(C(C(=O)c4cc5ccccc5s4)=C3)C2CCC2(C)C1CCC2(O)CN(CCc1cccs1)CC(O)COCc1ccccc1. The number of fused-ring (bicyclic) bond motifs is 2. The lowest BCUT2D eigenvalue weighted by molar-refractivity contribution is -0.177. The second kappa shape index (κ2) is 14.2. The zero-order chi connectivity index (χ0) is 38.1. The number of Topliss-reactive ketones (excluding diaryl/α,β-unsaturated/α-hetero) is 1. The Morgan fingerprint density at radius 3 is 2.51 bits per heavy atom. The Balaban J connectivity index is 1.03. The van der Waals surface area contributed by atoms with E-state index >= 15 is 4.79 Å². The van der Waals surface area contributed by atoms with Crippen molar-refractivity contribution in [1.29, 1.82) is 0 Å². The number of aliphatic hydroxyl groups excluding tert-OH is 2. The first-order valence-electron chi connectivity index (χ1n) is 20.4. The van der Waals surface area contributed by atoms with Crippen LogP contribution in [0.15, 0.2) is 102 Å². The maximum Gasteiger partial charge on any atom is 0.199 e. The summed E-state index contributed by atoms with van der Waals surface area (Å²) in [4.78, 5) is 19.5. The highest BCUT2D eigenvalue weighted by molar-refractivity contribution is 7.21. The maximum atomic E-state index is 15.1. The fourth-order valence-corrected chi connectivity index (χ4v) is 14.1. The van der Waals surface area contributed by atoms with Gasteiger partial charge in [-0.1, -0.05) is 86.7 Å². The van der Waals surface area contributed by atoms with Crippen molar-refractivity contribution < 1.29 is 24.9 Å². The van der Waals surface area contributed by atoms with Crippen molar-refractivity contribution in [2.45, 2.75) is 89.6 Å². The van der Waals surface area contributed by atoms with E-state index in [0.717, 1.165) is 71.2 Å². The molecule has 0 amide bonds. The minimum absolute atomic E-state index is 0.0739. The lowest BCUT2D eigenvalue weighted by Gasteiger charge is -2.71. The van der Waals surface area contributed by atoms with E-state index in [1.807, 2.05) is 42.5 Å². The molecule has 10 rings (SSSR count). The van der Waals surface area contributed by atoms with Crippen molar-refractivity contribution in [2.24, 2.45) is 33.5 Å². The number of ketones is 1. The number of benzene rings is 2. The van der Waals surface area contributed by atoms with Crippen LogP contribution in [0.5, 0.6) is 0 Å². The average Bonchev–Trinajstić information content (AvgIpc) is 3.92. The molecule has 55 heavy (non-hydrogen) atoms. The van der Waals surface area contributed by atoms with E-state index in [2.05, 4.69) is 72.7 Å². The zero-order valence-corrected chi connectivity index (χ0v) is 33.8. The molecule has 4 aromatic rings. The van der Waals surface area contributed by atoms with Crippen molar-refractivity contribution in [3.63, 3.8) is 0 Å². The third-order valence-electron chi connectivity index (χ3n) is 15.2. The van der Waals surface area contributed by atoms with Crippen LogP contribution in [0.2, 0.25) is 0 Å². The molecule has 3 fully saturated rings. The Morgan fingerprint density at radius 1 is 0.945 bits per heavy atom. The second-order valence-corrected chi connectivity index (χ2v) is 20.1. The summed E-state index contributed by atoms with van der Waals surface area (Å²) >= 11 is 3.33. The molecule has 290 valence electrons. The summed E-state index contributed by atoms with van der Waals surface area (Å²) in [6.07, 6.45) is 12.5. The average molecular weight is 778 g/mol. The van der Waals surface area contributed by atoms with Crippen molar-refractivity contribution >= 4 is 38.5 Å². The van der Waals surface area contributed by atoms with E-state index < -0.39 is 22.5 Å². The first kappa shape index (κ1) is 37.6. The predicted molar refractivity (Wildman–Crippen MR) is 221 cm³/mol. The molecule has 2 heterocycles. The van der Waals surface area contributed by atoms with E-state index in [-0.39, 0.29) is 41.2 Å². The fraction of sp³-hybridized carbons (Fsp3) is 0.511. The third-order valence-corrected chi connectivity index (χ3v) is 17.3. The molecular weight excluding hydrogens is 723 g/mol. The quantitative estimate of drug-likeness (QED) is 0.0929. The molecule has 3 N–H and O–H groups in total. The number of aliphatic hydroxyl groups is 3. The molecule has 2 aromatic heterocycles. The van der Waals surface area contributed by atoms with Crippen LogP contribution in [0.1, 0.15) is 78.9 Å². The number of hydrogen-bond acceptors (Lipinski definition) is 8. The zero-order valence-electron chi connectivity index (χ0n) is 32.2. The van der Waals surface area contributed by atoms with Gasteiger partial charge in [-0.05, 0) is 103 Å². The summed E-state index contributed by atoms with van der Waals surface area (Å²) in [5.41, 5.74) is -0.428. The molecule has 6 aliphatic carbocycles. The molecule has 9 atom stereocenters. The standard InChI is InChI=1S/C47H55NO5S2/c1-43-18-14-34(49)26-45(43)21-22-47(37(27-45)42(51)39-25-33-11-6-7-13-38(33)55-39)40(43)15-19-44(2)41(47)16-20-46(44,52)31-48(23-17-36-12-8-24-54-36)28-35(50)30-53-29-32-9-4-3-5-10-32/h3-13,21-22,24-25,27,34-35,40-41,49-50,52H,14-20,23,26,28-31H2,1-2H3. The van der Waals surface area contributed by atoms with E-state index in [1.165, 1.54) is 4.88 Å². The van der Waals surface area contributed by atoms with Crippen LogP contribution < -0.4 is 0 Å². The predicted octanol–water partition coefficient (Wildman–Crippen LogP) is 8.86. The van der Waals surface area contributed by atoms with Crippen molar-refractivity contribution in [3.8, 4) is 0 Å². The van der Waals surface area contributed by atoms with Crippen LogP contribution in [0.4, 0.5) is 0 Å². The first-order chi connectivity index (χ1) is 26.5. The Morgan fingerprint density at radius 2 is 1.71 bits per heavy atom. The van der Waals surface area contributed by atoms with Gasteiger partial charge in [0.05, 0.1) is 35.9 Å². The summed E-state index contributed by atoms with van der Waals surface area (Å²) in [5.74, 6) is 0.438. The summed E-state index contributed by atoms with van der Waals surface area (Å²) in [5, 5.41) is 38.8. The Bertz CT molecular complexity index is 2060. The summed E-state index contributed by atoms with van der Waals surface area (Å²) in [6.45, 7) is 7.02. The number of rotatable bonds is 13. The van der Waals surface area contributed by atoms with Gasteiger partial charge in [-0.15, -0.1) is 22.7 Å². The van der Waals surface area contributed by atoms with Gasteiger partial charge in [0.1, 0.15) is 0 Å². The lowest BCUT2D eigenvalue weighted by Crippen LogP contribution is -2.67. The Kier molecular flexibility index (Phi) is 9.68. The molecule has 6 aliphatic rings. The smallest absolute Gasteiger partial charge is 0.199 e. The van der Waals surface area contributed by atoms with E-state index in [9.17, 15) is 15.3 Å². The molecule has 6 nitrogen and oxygen atoms in total. The number of ether oxygens (including phenoxy) is 1. The van der Waals surface area contributed by atoms with Crippen molar-refractivity contribution in [2.75, 3.05) is 26.2 Å². The van der Waals surface area contributed by atoms with Gasteiger partial charge in [-0.3, -0.25) is 9.69 Å². The molecule has 8 heteroatoms. The van der Waals surface area contributed by atoms with Crippen LogP contribution in [0.25, 0.3) is 10.1 Å². The van der Waals surface area contributed by atoms with Gasteiger partial charge in [-0.2, -0.15) is 0 Å². The van der Waals surface area contributed by atoms with Gasteiger partial charge in [0.15, 0.2) is 5.78 Å². The molecule has 3 saturated carbocycles. The summed E-state index contributed by atoms with van der Waals surface area (Å²) in [7, 11) is 0. The molecule has 2 spiro atoms. The second-order valence-electron chi connectivity index (χ2n) is 18.0. The molecule has 0 aliphatic heterocycles. The van der Waals surface area contributed by atoms with Crippen LogP contribution in [0, 0.1) is 33.5 Å². The fourth-order valence-electron chi connectivity index (χ4n) is 12.4. The van der Waals surface area contributed by atoms with Gasteiger partial charge in [0, 0.05) is 51.0 Å². The minimum atomic E-state index is -1.01. The lowest BCUT2D eigenvalue weighted by atomic mass is 9.32. The highest BCUT2D eigenvalue weighted by atomic mass is 32.1. The molecule has 0 radical (unpaired) electrons. The molecule has 0 saturated heterocycles. The van der Waals surface area contributed by atoms with Crippen molar-refractivity contribution in [1.82, 2.24) is 4.90 Å². The number of hydrogen-bond donors (Lipinski definition) is 3. The van der Waals surface area contributed by atoms with Crippen molar-refractivity contribution in [3.05, 3.63) is 117 Å². The number of nitrogens with zero attached hydrogens (tertiary/aromatic N) is 1. The summed E-state index contributed by atoms with van der Waals surface area (Å²) in [6, 6.07) is 24.6. The van der Waals surface area contributed by atoms with Gasteiger partial charge < -0.3 is 20.1 Å². The number of carbonyl (C=O) groups is 1. The van der Waals surface area contributed by atoms with E-state index in [4.69, 9.17) is 4.74 Å². The maximum absolute atomic E-state index is 15.1. The van der Waals surface area contributed by atoms with E-state index in [1.54, 1.807) is 22.7 Å². The Labute approximate surface area is 333 Å². The highest BCUT2D eigenvalue weighted by Gasteiger charge is 2.74. The third kappa shape index (κ3) is 6.09. The number of allylic oxidation sites excluding steroid dienone is 4. The topological polar surface area (TPSA) is 90.2 Å². The molecule has 2 aromatic carbocycles. The van der Waals surface area contributed by atoms with E-state index in [0.29, 0.717) is 32.5 Å². The van der Waals surface area contributed by atoms with Gasteiger partial charge >= 0.3 is 0 Å². The molecule has 2 bridgehead atoms.